The number of nitrogens with two attached hydrogens (primary N) is 1. The van der Waals surface area contributed by atoms with Crippen LogP contribution in [0.15, 0.2) is 91.0 Å². The van der Waals surface area contributed by atoms with E-state index in [1.54, 1.807) is 12.1 Å². The van der Waals surface area contributed by atoms with Crippen LogP contribution in [0.5, 0.6) is 5.75 Å². The number of hydrogen-bond acceptors (Lipinski definition) is 3. The summed E-state index contributed by atoms with van der Waals surface area (Å²) in [6.07, 6.45) is 0. The number of fused-ring (bicyclic) bond motifs is 3. The van der Waals surface area contributed by atoms with Gasteiger partial charge in [0.25, 0.3) is 0 Å². The zero-order chi connectivity index (χ0) is 19.1. The molecule has 0 saturated carbocycles. The van der Waals surface area contributed by atoms with Crippen molar-refractivity contribution in [3.05, 3.63) is 91.0 Å². The predicted molar refractivity (Wildman–Crippen MR) is 116 cm³/mol. The number of anilines is 1. The van der Waals surface area contributed by atoms with Crippen LogP contribution >= 0.6 is 0 Å². The van der Waals surface area contributed by atoms with Gasteiger partial charge in [-0.05, 0) is 58.3 Å². The first-order valence-electron chi connectivity index (χ1n) is 9.17. The van der Waals surface area contributed by atoms with Gasteiger partial charge in [0.2, 0.25) is 0 Å². The number of pyridine rings is 1. The Kier molecular flexibility index (Phi) is 3.73. The lowest BCUT2D eigenvalue weighted by molar-refractivity contribution is 0.475. The molecule has 3 heteroatoms. The number of benzene rings is 4. The average molecular weight is 362 g/mol. The molecule has 0 radical (unpaired) electrons. The number of nitrogens with zero attached hydrogens (tertiary/aromatic N) is 1. The predicted octanol–water partition coefficient (Wildman–Crippen LogP) is 6.01. The first-order chi connectivity index (χ1) is 13.7. The Bertz CT molecular complexity index is 1330. The van der Waals surface area contributed by atoms with Crippen molar-refractivity contribution in [3.8, 4) is 28.1 Å². The SMILES string of the molecule is Nc1ccc2c(ccc3nc(-c4cccc(O)c4)cc(-c4ccccc4)c32)c1. The van der Waals surface area contributed by atoms with Gasteiger partial charge < -0.3 is 10.8 Å². The molecule has 0 aliphatic rings. The van der Waals surface area contributed by atoms with E-state index >= 15 is 0 Å². The van der Waals surface area contributed by atoms with Crippen molar-refractivity contribution in [2.75, 3.05) is 5.73 Å². The van der Waals surface area contributed by atoms with Gasteiger partial charge in [0.1, 0.15) is 5.75 Å². The summed E-state index contributed by atoms with van der Waals surface area (Å²) in [6, 6.07) is 29.7. The van der Waals surface area contributed by atoms with E-state index in [2.05, 4.69) is 30.3 Å². The van der Waals surface area contributed by atoms with E-state index in [1.807, 2.05) is 48.5 Å². The molecule has 1 heterocycles. The molecule has 3 nitrogen and oxygen atoms in total. The van der Waals surface area contributed by atoms with E-state index < -0.39 is 0 Å². The van der Waals surface area contributed by atoms with Crippen LogP contribution in [0.1, 0.15) is 0 Å². The van der Waals surface area contributed by atoms with Gasteiger partial charge in [-0.3, -0.25) is 0 Å². The van der Waals surface area contributed by atoms with Gasteiger partial charge in [0.15, 0.2) is 0 Å². The minimum atomic E-state index is 0.231. The fraction of sp³-hybridized carbons (Fsp3) is 0. The molecule has 0 aliphatic carbocycles. The zero-order valence-electron chi connectivity index (χ0n) is 15.1. The molecular weight excluding hydrogens is 344 g/mol. The molecule has 0 atom stereocenters. The van der Waals surface area contributed by atoms with Crippen molar-refractivity contribution in [2.24, 2.45) is 0 Å². The fourth-order valence-electron chi connectivity index (χ4n) is 3.74. The Morgan fingerprint density at radius 2 is 1.54 bits per heavy atom. The summed E-state index contributed by atoms with van der Waals surface area (Å²) in [5.41, 5.74) is 11.6. The quantitative estimate of drug-likeness (QED) is 0.299. The molecule has 1 aromatic heterocycles. The minimum absolute atomic E-state index is 0.231. The molecule has 0 bridgehead atoms. The van der Waals surface area contributed by atoms with Gasteiger partial charge in [-0.15, -0.1) is 0 Å². The van der Waals surface area contributed by atoms with Gasteiger partial charge in [-0.1, -0.05) is 54.6 Å². The Labute approximate surface area is 162 Å². The maximum Gasteiger partial charge on any atom is 0.116 e. The third kappa shape index (κ3) is 2.74. The maximum absolute atomic E-state index is 9.90. The van der Waals surface area contributed by atoms with E-state index in [0.717, 1.165) is 49.7 Å². The van der Waals surface area contributed by atoms with Gasteiger partial charge in [0.05, 0.1) is 11.2 Å². The Morgan fingerprint density at radius 1 is 0.714 bits per heavy atom. The van der Waals surface area contributed by atoms with Crippen LogP contribution in [-0.4, -0.2) is 10.1 Å². The molecule has 5 aromatic rings. The van der Waals surface area contributed by atoms with Gasteiger partial charge in [-0.2, -0.15) is 0 Å². The second-order valence-electron chi connectivity index (χ2n) is 6.91. The van der Waals surface area contributed by atoms with Gasteiger partial charge in [-0.25, -0.2) is 4.98 Å². The smallest absolute Gasteiger partial charge is 0.116 e. The van der Waals surface area contributed by atoms with E-state index in [1.165, 1.54) is 0 Å². The molecule has 4 aromatic carbocycles. The number of rotatable bonds is 2. The summed E-state index contributed by atoms with van der Waals surface area (Å²) in [7, 11) is 0. The number of nitrogen functional groups attached to an aromatic ring is 1. The van der Waals surface area contributed by atoms with Crippen molar-refractivity contribution in [1.29, 1.82) is 0 Å². The van der Waals surface area contributed by atoms with Crippen molar-refractivity contribution < 1.29 is 5.11 Å². The summed E-state index contributed by atoms with van der Waals surface area (Å²) in [5, 5.41) is 13.2. The highest BCUT2D eigenvalue weighted by Crippen LogP contribution is 2.37. The van der Waals surface area contributed by atoms with Gasteiger partial charge in [0, 0.05) is 16.6 Å². The molecule has 0 amide bonds. The summed E-state index contributed by atoms with van der Waals surface area (Å²) in [5.74, 6) is 0.231. The highest BCUT2D eigenvalue weighted by Gasteiger charge is 2.13. The zero-order valence-corrected chi connectivity index (χ0v) is 15.1. The third-order valence-corrected chi connectivity index (χ3v) is 5.04. The third-order valence-electron chi connectivity index (χ3n) is 5.04. The summed E-state index contributed by atoms with van der Waals surface area (Å²) >= 11 is 0. The lowest BCUT2D eigenvalue weighted by atomic mass is 9.94. The molecule has 3 N–H and O–H groups in total. The molecule has 134 valence electrons. The lowest BCUT2D eigenvalue weighted by Crippen LogP contribution is -1.92. The monoisotopic (exact) mass is 362 g/mol. The normalized spacial score (nSPS) is 11.1. The van der Waals surface area contributed by atoms with Crippen LogP contribution in [0.2, 0.25) is 0 Å². The number of hydrogen-bond donors (Lipinski definition) is 2. The molecule has 0 unspecified atom stereocenters. The van der Waals surface area contributed by atoms with Crippen LogP contribution in [0.3, 0.4) is 0 Å². The van der Waals surface area contributed by atoms with Crippen molar-refractivity contribution >= 4 is 27.4 Å². The molecular formula is C25H18N2O. The highest BCUT2D eigenvalue weighted by atomic mass is 16.3. The van der Waals surface area contributed by atoms with Crippen LogP contribution in [-0.2, 0) is 0 Å². The van der Waals surface area contributed by atoms with E-state index in [0.29, 0.717) is 0 Å². The molecule has 28 heavy (non-hydrogen) atoms. The summed E-state index contributed by atoms with van der Waals surface area (Å²) in [6.45, 7) is 0. The Morgan fingerprint density at radius 3 is 2.36 bits per heavy atom. The van der Waals surface area contributed by atoms with Crippen LogP contribution in [0.25, 0.3) is 44.1 Å². The first-order valence-corrected chi connectivity index (χ1v) is 9.17. The minimum Gasteiger partial charge on any atom is -0.508 e. The second kappa shape index (κ2) is 6.39. The number of phenolic OH excluding ortho intramolecular Hbond substituents is 1. The number of aromatic nitrogens is 1. The second-order valence-corrected chi connectivity index (χ2v) is 6.91. The average Bonchev–Trinajstić information content (AvgIpc) is 2.73. The molecule has 5 rings (SSSR count). The maximum atomic E-state index is 9.90. The Balaban J connectivity index is 1.90. The number of phenols is 1. The molecule has 0 spiro atoms. The number of aromatic hydroxyl groups is 1. The van der Waals surface area contributed by atoms with E-state index in [4.69, 9.17) is 10.7 Å². The standard InChI is InChI=1S/C25H18N2O/c26-19-10-11-21-17(13-19)9-12-23-25(21)22(16-5-2-1-3-6-16)15-24(27-23)18-7-4-8-20(28)14-18/h1-15,28H,26H2. The fourth-order valence-corrected chi connectivity index (χ4v) is 3.74. The lowest BCUT2D eigenvalue weighted by Gasteiger charge is -2.13. The largest absolute Gasteiger partial charge is 0.508 e. The van der Waals surface area contributed by atoms with E-state index in [-0.39, 0.29) is 5.75 Å². The summed E-state index contributed by atoms with van der Waals surface area (Å²) < 4.78 is 0. The van der Waals surface area contributed by atoms with E-state index in [9.17, 15) is 5.11 Å². The van der Waals surface area contributed by atoms with Crippen LogP contribution < -0.4 is 5.73 Å². The Hall–Kier alpha value is -3.85. The first kappa shape index (κ1) is 16.3. The summed E-state index contributed by atoms with van der Waals surface area (Å²) in [4.78, 5) is 4.90. The molecule has 0 aliphatic heterocycles. The van der Waals surface area contributed by atoms with Crippen molar-refractivity contribution in [3.63, 3.8) is 0 Å². The molecule has 0 saturated heterocycles. The van der Waals surface area contributed by atoms with Crippen molar-refractivity contribution in [1.82, 2.24) is 4.98 Å². The van der Waals surface area contributed by atoms with Crippen molar-refractivity contribution in [2.45, 2.75) is 0 Å². The van der Waals surface area contributed by atoms with Crippen LogP contribution in [0.4, 0.5) is 5.69 Å². The molecule has 0 fully saturated rings. The topological polar surface area (TPSA) is 59.1 Å². The highest BCUT2D eigenvalue weighted by molar-refractivity contribution is 6.14. The van der Waals surface area contributed by atoms with Crippen LogP contribution in [0, 0.1) is 0 Å². The van der Waals surface area contributed by atoms with Gasteiger partial charge >= 0.3 is 0 Å².